The third kappa shape index (κ3) is 1.60. The molecule has 0 aliphatic carbocycles. The summed E-state index contributed by atoms with van der Waals surface area (Å²) in [7, 11) is 1.72. The van der Waals surface area contributed by atoms with Crippen LogP contribution in [0.4, 0.5) is 0 Å². The molecule has 3 nitrogen and oxygen atoms in total. The predicted octanol–water partition coefficient (Wildman–Crippen LogP) is 1.50. The lowest BCUT2D eigenvalue weighted by Crippen LogP contribution is -2.10. The van der Waals surface area contributed by atoms with E-state index in [2.05, 4.69) is 19.9 Å². The van der Waals surface area contributed by atoms with Gasteiger partial charge in [0.1, 0.15) is 0 Å². The minimum Gasteiger partial charge on any atom is -0.409 e. The van der Waals surface area contributed by atoms with E-state index in [1.807, 2.05) is 12.1 Å². The van der Waals surface area contributed by atoms with Crippen LogP contribution in [-0.2, 0) is 0 Å². The summed E-state index contributed by atoms with van der Waals surface area (Å²) in [6.45, 7) is 4.32. The molecule has 0 aliphatic heterocycles. The van der Waals surface area contributed by atoms with E-state index in [0.717, 1.165) is 11.9 Å². The Bertz CT molecular complexity index is 541. The standard InChI is InChI=1S/C11H14BNO2/c1-3-7(2)8-4-5-9-10(6-8)15-11(14)13(9)12/h4-7H,3,12H2,1-2H3. The maximum atomic E-state index is 11.3. The van der Waals surface area contributed by atoms with Crippen LogP contribution in [0.1, 0.15) is 31.7 Å². The molecule has 0 aliphatic rings. The van der Waals surface area contributed by atoms with Crippen LogP contribution in [0.25, 0.3) is 11.1 Å². The lowest BCUT2D eigenvalue weighted by Gasteiger charge is -2.07. The molecule has 1 heterocycles. The van der Waals surface area contributed by atoms with Crippen LogP contribution in [0.5, 0.6) is 0 Å². The van der Waals surface area contributed by atoms with E-state index < -0.39 is 0 Å². The summed E-state index contributed by atoms with van der Waals surface area (Å²) in [5, 5.41) is 0. The van der Waals surface area contributed by atoms with Crippen molar-refractivity contribution in [2.45, 2.75) is 26.2 Å². The van der Waals surface area contributed by atoms with Gasteiger partial charge in [0.25, 0.3) is 0 Å². The van der Waals surface area contributed by atoms with Crippen molar-refractivity contribution >= 4 is 19.1 Å². The number of hydrogen-bond donors (Lipinski definition) is 0. The quantitative estimate of drug-likeness (QED) is 0.693. The van der Waals surface area contributed by atoms with E-state index in [-0.39, 0.29) is 5.76 Å². The van der Waals surface area contributed by atoms with Gasteiger partial charge < -0.3 is 8.90 Å². The van der Waals surface area contributed by atoms with E-state index in [4.69, 9.17) is 4.42 Å². The third-order valence-electron chi connectivity index (χ3n) is 3.00. The highest BCUT2D eigenvalue weighted by Gasteiger charge is 2.08. The SMILES string of the molecule is Bn1c(=O)oc2cc(C(C)CC)ccc21. The highest BCUT2D eigenvalue weighted by molar-refractivity contribution is 6.10. The molecule has 0 spiro atoms. The van der Waals surface area contributed by atoms with Crippen LogP contribution in [0.3, 0.4) is 0 Å². The first-order chi connectivity index (χ1) is 7.13. The topological polar surface area (TPSA) is 35.1 Å². The predicted molar refractivity (Wildman–Crippen MR) is 63.1 cm³/mol. The van der Waals surface area contributed by atoms with Crippen molar-refractivity contribution in [3.63, 3.8) is 0 Å². The molecular weight excluding hydrogens is 189 g/mol. The van der Waals surface area contributed by atoms with E-state index in [0.29, 0.717) is 11.5 Å². The summed E-state index contributed by atoms with van der Waals surface area (Å²) in [6, 6.07) is 5.97. The van der Waals surface area contributed by atoms with Crippen molar-refractivity contribution < 1.29 is 4.42 Å². The highest BCUT2D eigenvalue weighted by Crippen LogP contribution is 2.22. The fourth-order valence-electron chi connectivity index (χ4n) is 1.69. The molecule has 1 unspecified atom stereocenters. The van der Waals surface area contributed by atoms with Crippen molar-refractivity contribution in [3.8, 4) is 0 Å². The maximum absolute atomic E-state index is 11.3. The Morgan fingerprint density at radius 3 is 2.93 bits per heavy atom. The smallest absolute Gasteiger partial charge is 0.406 e. The number of aromatic nitrogens is 1. The van der Waals surface area contributed by atoms with Gasteiger partial charge in [0.2, 0.25) is 7.98 Å². The van der Waals surface area contributed by atoms with Gasteiger partial charge in [-0.25, -0.2) is 4.79 Å². The fourth-order valence-corrected chi connectivity index (χ4v) is 1.69. The highest BCUT2D eigenvalue weighted by atomic mass is 16.4. The molecule has 2 rings (SSSR count). The summed E-state index contributed by atoms with van der Waals surface area (Å²) >= 11 is 0. The van der Waals surface area contributed by atoms with Gasteiger partial charge in [-0.05, 0) is 30.0 Å². The number of rotatable bonds is 2. The number of fused-ring (bicyclic) bond motifs is 1. The van der Waals surface area contributed by atoms with E-state index in [1.165, 1.54) is 10.0 Å². The first kappa shape index (κ1) is 10.1. The molecule has 1 aromatic heterocycles. The zero-order valence-electron chi connectivity index (χ0n) is 9.28. The number of benzene rings is 1. The van der Waals surface area contributed by atoms with E-state index >= 15 is 0 Å². The van der Waals surface area contributed by atoms with Gasteiger partial charge in [-0.1, -0.05) is 19.9 Å². The van der Waals surface area contributed by atoms with Gasteiger partial charge in [0.05, 0.1) is 5.52 Å². The molecule has 1 atom stereocenters. The Balaban J connectivity index is 2.62. The van der Waals surface area contributed by atoms with Gasteiger partial charge in [-0.15, -0.1) is 0 Å². The molecular formula is C11H14BNO2. The molecule has 0 fully saturated rings. The molecule has 4 heteroatoms. The Morgan fingerprint density at radius 2 is 2.27 bits per heavy atom. The van der Waals surface area contributed by atoms with Crippen LogP contribution in [0.2, 0.25) is 0 Å². The van der Waals surface area contributed by atoms with Crippen LogP contribution >= 0.6 is 0 Å². The monoisotopic (exact) mass is 203 g/mol. The summed E-state index contributed by atoms with van der Waals surface area (Å²) in [5.41, 5.74) is 2.76. The fraction of sp³-hybridized carbons (Fsp3) is 0.364. The van der Waals surface area contributed by atoms with Crippen LogP contribution in [0.15, 0.2) is 27.4 Å². The van der Waals surface area contributed by atoms with Gasteiger partial charge in [0.15, 0.2) is 5.58 Å². The molecule has 2 aromatic rings. The first-order valence-corrected chi connectivity index (χ1v) is 5.23. The lowest BCUT2D eigenvalue weighted by molar-refractivity contribution is 0.547. The molecule has 0 radical (unpaired) electrons. The third-order valence-corrected chi connectivity index (χ3v) is 3.00. The van der Waals surface area contributed by atoms with Crippen LogP contribution < -0.4 is 5.76 Å². The Hall–Kier alpha value is -1.45. The molecule has 78 valence electrons. The van der Waals surface area contributed by atoms with Gasteiger partial charge in [-0.2, -0.15) is 0 Å². The summed E-state index contributed by atoms with van der Waals surface area (Å²) in [4.78, 5) is 11.3. The van der Waals surface area contributed by atoms with Crippen LogP contribution in [0, 0.1) is 0 Å². The molecule has 0 saturated carbocycles. The Labute approximate surface area is 89.1 Å². The normalized spacial score (nSPS) is 13.2. The second kappa shape index (κ2) is 3.61. The second-order valence-electron chi connectivity index (χ2n) is 3.96. The van der Waals surface area contributed by atoms with Gasteiger partial charge in [-0.3, -0.25) is 0 Å². The first-order valence-electron chi connectivity index (χ1n) is 5.23. The average molecular weight is 203 g/mol. The number of oxazole rings is 1. The van der Waals surface area contributed by atoms with Gasteiger partial charge >= 0.3 is 5.76 Å². The molecule has 15 heavy (non-hydrogen) atoms. The minimum absolute atomic E-state index is 0.300. The molecule has 0 saturated heterocycles. The summed E-state index contributed by atoms with van der Waals surface area (Å²) in [6.07, 6.45) is 1.09. The van der Waals surface area contributed by atoms with Crippen molar-refractivity contribution in [1.82, 2.24) is 4.48 Å². The molecule has 0 N–H and O–H groups in total. The lowest BCUT2D eigenvalue weighted by atomic mass is 9.98. The van der Waals surface area contributed by atoms with E-state index in [1.54, 1.807) is 7.98 Å². The largest absolute Gasteiger partial charge is 0.409 e. The summed E-state index contributed by atoms with van der Waals surface area (Å²) in [5.74, 6) is 0.200. The molecule has 1 aromatic carbocycles. The molecule has 0 amide bonds. The van der Waals surface area contributed by atoms with Crippen molar-refractivity contribution in [1.29, 1.82) is 0 Å². The van der Waals surface area contributed by atoms with Gasteiger partial charge in [0, 0.05) is 0 Å². The second-order valence-corrected chi connectivity index (χ2v) is 3.96. The number of nitrogens with zero attached hydrogens (tertiary/aromatic N) is 1. The molecule has 0 bridgehead atoms. The zero-order valence-corrected chi connectivity index (χ0v) is 9.28. The Morgan fingerprint density at radius 1 is 1.53 bits per heavy atom. The van der Waals surface area contributed by atoms with Crippen LogP contribution in [-0.4, -0.2) is 12.5 Å². The number of hydrogen-bond acceptors (Lipinski definition) is 2. The van der Waals surface area contributed by atoms with E-state index in [9.17, 15) is 4.79 Å². The zero-order chi connectivity index (χ0) is 11.0. The van der Waals surface area contributed by atoms with Crippen molar-refractivity contribution in [3.05, 3.63) is 34.3 Å². The Kier molecular flexibility index (Phi) is 2.43. The maximum Gasteiger partial charge on any atom is 0.406 e. The average Bonchev–Trinajstić information content (AvgIpc) is 2.53. The van der Waals surface area contributed by atoms with Crippen molar-refractivity contribution in [2.75, 3.05) is 0 Å². The minimum atomic E-state index is -0.300. The summed E-state index contributed by atoms with van der Waals surface area (Å²) < 4.78 is 6.66. The van der Waals surface area contributed by atoms with Crippen molar-refractivity contribution in [2.24, 2.45) is 0 Å².